The molecule has 1 aromatic heterocycles. The maximum absolute atomic E-state index is 11.9. The van der Waals surface area contributed by atoms with Crippen molar-refractivity contribution in [1.29, 1.82) is 0 Å². The summed E-state index contributed by atoms with van der Waals surface area (Å²) in [7, 11) is 0. The van der Waals surface area contributed by atoms with Gasteiger partial charge in [-0.2, -0.15) is 11.3 Å². The fourth-order valence-corrected chi connectivity index (χ4v) is 2.33. The van der Waals surface area contributed by atoms with Crippen molar-refractivity contribution in [2.45, 2.75) is 19.9 Å². The van der Waals surface area contributed by atoms with Gasteiger partial charge in [0.15, 0.2) is 0 Å². The van der Waals surface area contributed by atoms with E-state index in [0.717, 1.165) is 11.1 Å². The Hall–Kier alpha value is -1.61. The zero-order chi connectivity index (χ0) is 12.3. The van der Waals surface area contributed by atoms with Gasteiger partial charge in [-0.25, -0.2) is 0 Å². The SMILES string of the molecule is Cc1cccc(C(C)NC(=O)c2ccsc2)c1. The maximum atomic E-state index is 11.9. The largest absolute Gasteiger partial charge is 0.345 e. The molecule has 3 heteroatoms. The van der Waals surface area contributed by atoms with Crippen LogP contribution in [0.3, 0.4) is 0 Å². The lowest BCUT2D eigenvalue weighted by Crippen LogP contribution is -2.26. The van der Waals surface area contributed by atoms with Crippen LogP contribution in [0.2, 0.25) is 0 Å². The lowest BCUT2D eigenvalue weighted by Gasteiger charge is -2.14. The molecule has 2 aromatic rings. The number of carbonyl (C=O) groups is 1. The molecule has 0 radical (unpaired) electrons. The summed E-state index contributed by atoms with van der Waals surface area (Å²) in [5, 5.41) is 6.76. The Morgan fingerprint density at radius 3 is 2.82 bits per heavy atom. The maximum Gasteiger partial charge on any atom is 0.252 e. The highest BCUT2D eigenvalue weighted by Crippen LogP contribution is 2.15. The van der Waals surface area contributed by atoms with Gasteiger partial charge in [-0.05, 0) is 30.9 Å². The molecule has 0 saturated carbocycles. The van der Waals surface area contributed by atoms with Crippen LogP contribution < -0.4 is 5.32 Å². The van der Waals surface area contributed by atoms with Gasteiger partial charge in [0.1, 0.15) is 0 Å². The summed E-state index contributed by atoms with van der Waals surface area (Å²) in [6, 6.07) is 10.1. The number of nitrogens with one attached hydrogen (secondary N) is 1. The highest BCUT2D eigenvalue weighted by molar-refractivity contribution is 7.08. The second-order valence-corrected chi connectivity index (χ2v) is 4.90. The Morgan fingerprint density at radius 1 is 1.35 bits per heavy atom. The molecule has 0 spiro atoms. The quantitative estimate of drug-likeness (QED) is 0.880. The molecule has 1 atom stereocenters. The predicted molar refractivity (Wildman–Crippen MR) is 71.4 cm³/mol. The van der Waals surface area contributed by atoms with Gasteiger partial charge in [-0.3, -0.25) is 4.79 Å². The molecule has 1 unspecified atom stereocenters. The third kappa shape index (κ3) is 2.94. The van der Waals surface area contributed by atoms with Crippen molar-refractivity contribution in [1.82, 2.24) is 5.32 Å². The van der Waals surface area contributed by atoms with E-state index in [1.807, 2.05) is 35.9 Å². The van der Waals surface area contributed by atoms with Crippen LogP contribution in [0, 0.1) is 6.92 Å². The van der Waals surface area contributed by atoms with Crippen LogP contribution in [0.25, 0.3) is 0 Å². The summed E-state index contributed by atoms with van der Waals surface area (Å²) < 4.78 is 0. The first-order valence-electron chi connectivity index (χ1n) is 5.56. The van der Waals surface area contributed by atoms with Gasteiger partial charge < -0.3 is 5.32 Å². The number of benzene rings is 1. The van der Waals surface area contributed by atoms with Gasteiger partial charge in [-0.1, -0.05) is 29.8 Å². The molecule has 1 N–H and O–H groups in total. The number of rotatable bonds is 3. The Kier molecular flexibility index (Phi) is 3.59. The van der Waals surface area contributed by atoms with Crippen molar-refractivity contribution in [3.05, 3.63) is 57.8 Å². The number of hydrogen-bond donors (Lipinski definition) is 1. The molecule has 0 aliphatic rings. The predicted octanol–water partition coefficient (Wildman–Crippen LogP) is 3.55. The summed E-state index contributed by atoms with van der Waals surface area (Å²) in [5.74, 6) is -0.0137. The van der Waals surface area contributed by atoms with E-state index < -0.39 is 0 Å². The fraction of sp³-hybridized carbons (Fsp3) is 0.214. The van der Waals surface area contributed by atoms with E-state index in [1.165, 1.54) is 16.9 Å². The van der Waals surface area contributed by atoms with Crippen molar-refractivity contribution in [3.8, 4) is 0 Å². The minimum absolute atomic E-state index is 0.0137. The average Bonchev–Trinajstić information content (AvgIpc) is 2.82. The van der Waals surface area contributed by atoms with Crippen LogP contribution in [-0.2, 0) is 0 Å². The molecule has 1 heterocycles. The summed E-state index contributed by atoms with van der Waals surface area (Å²) in [4.78, 5) is 11.9. The van der Waals surface area contributed by atoms with Crippen molar-refractivity contribution in [3.63, 3.8) is 0 Å². The van der Waals surface area contributed by atoms with E-state index >= 15 is 0 Å². The highest BCUT2D eigenvalue weighted by atomic mass is 32.1. The van der Waals surface area contributed by atoms with E-state index in [2.05, 4.69) is 24.4 Å². The molecular weight excluding hydrogens is 230 g/mol. The molecular formula is C14H15NOS. The molecule has 0 bridgehead atoms. The van der Waals surface area contributed by atoms with Crippen LogP contribution in [0.4, 0.5) is 0 Å². The minimum atomic E-state index is -0.0137. The average molecular weight is 245 g/mol. The molecule has 17 heavy (non-hydrogen) atoms. The Balaban J connectivity index is 2.07. The first kappa shape index (κ1) is 11.9. The third-order valence-corrected chi connectivity index (χ3v) is 3.36. The zero-order valence-corrected chi connectivity index (χ0v) is 10.8. The van der Waals surface area contributed by atoms with Crippen LogP contribution in [0.1, 0.15) is 34.5 Å². The number of amides is 1. The molecule has 2 nitrogen and oxygen atoms in total. The third-order valence-electron chi connectivity index (χ3n) is 2.67. The number of thiophene rings is 1. The minimum Gasteiger partial charge on any atom is -0.345 e. The molecule has 2 rings (SSSR count). The summed E-state index contributed by atoms with van der Waals surface area (Å²) >= 11 is 1.53. The van der Waals surface area contributed by atoms with Crippen LogP contribution in [0.5, 0.6) is 0 Å². The summed E-state index contributed by atoms with van der Waals surface area (Å²) in [5.41, 5.74) is 3.07. The van der Waals surface area contributed by atoms with Gasteiger partial charge in [0, 0.05) is 5.38 Å². The molecule has 0 aliphatic heterocycles. The van der Waals surface area contributed by atoms with E-state index in [-0.39, 0.29) is 11.9 Å². The van der Waals surface area contributed by atoms with Gasteiger partial charge in [0.05, 0.1) is 11.6 Å². The van der Waals surface area contributed by atoms with E-state index in [1.54, 1.807) is 0 Å². The van der Waals surface area contributed by atoms with Crippen LogP contribution in [0.15, 0.2) is 41.1 Å². The molecule has 1 amide bonds. The highest BCUT2D eigenvalue weighted by Gasteiger charge is 2.11. The lowest BCUT2D eigenvalue weighted by molar-refractivity contribution is 0.0940. The molecule has 0 saturated heterocycles. The first-order chi connectivity index (χ1) is 8.16. The van der Waals surface area contributed by atoms with Crippen molar-refractivity contribution in [2.75, 3.05) is 0 Å². The standard InChI is InChI=1S/C14H15NOS/c1-10-4-3-5-12(8-10)11(2)15-14(16)13-6-7-17-9-13/h3-9,11H,1-2H3,(H,15,16). The monoisotopic (exact) mass is 245 g/mol. The second-order valence-electron chi connectivity index (χ2n) is 4.12. The number of carbonyl (C=O) groups excluding carboxylic acids is 1. The smallest absolute Gasteiger partial charge is 0.252 e. The fourth-order valence-electron chi connectivity index (χ4n) is 1.70. The van der Waals surface area contributed by atoms with Crippen LogP contribution in [-0.4, -0.2) is 5.91 Å². The normalized spacial score (nSPS) is 12.1. The number of hydrogen-bond acceptors (Lipinski definition) is 2. The summed E-state index contributed by atoms with van der Waals surface area (Å²) in [6.45, 7) is 4.05. The topological polar surface area (TPSA) is 29.1 Å². The van der Waals surface area contributed by atoms with Crippen molar-refractivity contribution >= 4 is 17.2 Å². The molecule has 1 aromatic carbocycles. The Morgan fingerprint density at radius 2 is 2.18 bits per heavy atom. The number of aryl methyl sites for hydroxylation is 1. The Labute approximate surface area is 105 Å². The van der Waals surface area contributed by atoms with Gasteiger partial charge >= 0.3 is 0 Å². The van der Waals surface area contributed by atoms with E-state index in [4.69, 9.17) is 0 Å². The van der Waals surface area contributed by atoms with E-state index in [0.29, 0.717) is 0 Å². The van der Waals surface area contributed by atoms with Crippen molar-refractivity contribution in [2.24, 2.45) is 0 Å². The van der Waals surface area contributed by atoms with Gasteiger partial charge in [0.25, 0.3) is 5.91 Å². The lowest BCUT2D eigenvalue weighted by atomic mass is 10.1. The van der Waals surface area contributed by atoms with Gasteiger partial charge in [-0.15, -0.1) is 0 Å². The second kappa shape index (κ2) is 5.15. The zero-order valence-electron chi connectivity index (χ0n) is 9.94. The summed E-state index contributed by atoms with van der Waals surface area (Å²) in [6.07, 6.45) is 0. The molecule has 0 aliphatic carbocycles. The van der Waals surface area contributed by atoms with Gasteiger partial charge in [0.2, 0.25) is 0 Å². The van der Waals surface area contributed by atoms with E-state index in [9.17, 15) is 4.79 Å². The first-order valence-corrected chi connectivity index (χ1v) is 6.51. The van der Waals surface area contributed by atoms with Crippen LogP contribution >= 0.6 is 11.3 Å². The molecule has 0 fully saturated rings. The molecule has 88 valence electrons. The van der Waals surface area contributed by atoms with Crippen molar-refractivity contribution < 1.29 is 4.79 Å². The Bertz CT molecular complexity index is 505.